The van der Waals surface area contributed by atoms with E-state index in [0.29, 0.717) is 17.9 Å². The van der Waals surface area contributed by atoms with Crippen molar-refractivity contribution < 1.29 is 14.3 Å². The van der Waals surface area contributed by atoms with Gasteiger partial charge in [-0.1, -0.05) is 28.1 Å². The Morgan fingerprint density at radius 1 is 1.05 bits per heavy atom. The summed E-state index contributed by atoms with van der Waals surface area (Å²) in [5.74, 6) is 0.283. The number of benzene rings is 2. The summed E-state index contributed by atoms with van der Waals surface area (Å²) in [5.41, 5.74) is 6.47. The van der Waals surface area contributed by atoms with E-state index in [1.165, 1.54) is 0 Å². The lowest BCUT2D eigenvalue weighted by molar-refractivity contribution is 0.0451. The second-order valence-corrected chi connectivity index (χ2v) is 4.94. The van der Waals surface area contributed by atoms with Crippen molar-refractivity contribution in [2.45, 2.75) is 0 Å². The lowest BCUT2D eigenvalue weighted by Crippen LogP contribution is -2.13. The lowest BCUT2D eigenvalue weighted by Gasteiger charge is -2.08. The summed E-state index contributed by atoms with van der Waals surface area (Å²) < 4.78 is 11.5. The van der Waals surface area contributed by atoms with E-state index in [2.05, 4.69) is 15.9 Å². The van der Waals surface area contributed by atoms with Gasteiger partial charge in [0.05, 0.1) is 5.56 Å². The minimum absolute atomic E-state index is 0.170. The molecule has 0 atom stereocenters. The van der Waals surface area contributed by atoms with Gasteiger partial charge in [0.1, 0.15) is 19.0 Å². The standard InChI is InChI=1S/C15H14BrNO3/c16-11-5-7-12(8-6-11)19-9-10-20-15(18)13-3-1-2-4-14(13)17/h1-8H,9-10,17H2. The number of para-hydroxylation sites is 1. The summed E-state index contributed by atoms with van der Waals surface area (Å²) in [4.78, 5) is 11.8. The molecule has 20 heavy (non-hydrogen) atoms. The van der Waals surface area contributed by atoms with Crippen LogP contribution in [0.5, 0.6) is 5.75 Å². The molecule has 0 saturated heterocycles. The van der Waals surface area contributed by atoms with Gasteiger partial charge in [-0.3, -0.25) is 0 Å². The van der Waals surface area contributed by atoms with Gasteiger partial charge in [-0.05, 0) is 36.4 Å². The predicted octanol–water partition coefficient (Wildman–Crippen LogP) is 3.27. The molecule has 2 rings (SSSR count). The fourth-order valence-electron chi connectivity index (χ4n) is 1.59. The minimum atomic E-state index is -0.442. The van der Waals surface area contributed by atoms with Gasteiger partial charge in [-0.25, -0.2) is 4.79 Å². The summed E-state index contributed by atoms with van der Waals surface area (Å²) in [6.07, 6.45) is 0. The molecule has 0 radical (unpaired) electrons. The minimum Gasteiger partial charge on any atom is -0.490 e. The molecule has 2 aromatic rings. The van der Waals surface area contributed by atoms with Crippen molar-refractivity contribution in [3.8, 4) is 5.75 Å². The Balaban J connectivity index is 1.77. The molecule has 0 aliphatic carbocycles. The van der Waals surface area contributed by atoms with Crippen molar-refractivity contribution in [2.75, 3.05) is 18.9 Å². The Morgan fingerprint density at radius 2 is 1.75 bits per heavy atom. The van der Waals surface area contributed by atoms with Gasteiger partial charge in [-0.15, -0.1) is 0 Å². The highest BCUT2D eigenvalue weighted by Gasteiger charge is 2.09. The van der Waals surface area contributed by atoms with Crippen LogP contribution in [0, 0.1) is 0 Å². The van der Waals surface area contributed by atoms with Crippen molar-refractivity contribution in [1.29, 1.82) is 0 Å². The van der Waals surface area contributed by atoms with E-state index < -0.39 is 5.97 Å². The SMILES string of the molecule is Nc1ccccc1C(=O)OCCOc1ccc(Br)cc1. The van der Waals surface area contributed by atoms with Crippen LogP contribution in [0.1, 0.15) is 10.4 Å². The van der Waals surface area contributed by atoms with Gasteiger partial charge < -0.3 is 15.2 Å². The number of hydrogen-bond acceptors (Lipinski definition) is 4. The van der Waals surface area contributed by atoms with Crippen LogP contribution >= 0.6 is 15.9 Å². The summed E-state index contributed by atoms with van der Waals surface area (Å²) in [7, 11) is 0. The molecule has 0 saturated carbocycles. The van der Waals surface area contributed by atoms with E-state index in [1.54, 1.807) is 24.3 Å². The largest absolute Gasteiger partial charge is 0.490 e. The molecule has 0 bridgehead atoms. The van der Waals surface area contributed by atoms with Crippen molar-refractivity contribution in [3.63, 3.8) is 0 Å². The first-order chi connectivity index (χ1) is 9.66. The van der Waals surface area contributed by atoms with Gasteiger partial charge in [0.15, 0.2) is 0 Å². The third kappa shape index (κ3) is 3.99. The van der Waals surface area contributed by atoms with Gasteiger partial charge in [0.25, 0.3) is 0 Å². The fraction of sp³-hybridized carbons (Fsp3) is 0.133. The van der Waals surface area contributed by atoms with Crippen LogP contribution in [-0.4, -0.2) is 19.2 Å². The Labute approximate surface area is 125 Å². The molecular weight excluding hydrogens is 322 g/mol. The number of hydrogen-bond donors (Lipinski definition) is 1. The number of esters is 1. The maximum atomic E-state index is 11.8. The first-order valence-corrected chi connectivity index (χ1v) is 6.86. The monoisotopic (exact) mass is 335 g/mol. The zero-order valence-corrected chi connectivity index (χ0v) is 12.3. The van der Waals surface area contributed by atoms with Crippen LogP contribution in [0.4, 0.5) is 5.69 Å². The number of halogens is 1. The van der Waals surface area contributed by atoms with Crippen molar-refractivity contribution in [2.24, 2.45) is 0 Å². The zero-order chi connectivity index (χ0) is 14.4. The quantitative estimate of drug-likeness (QED) is 0.517. The van der Waals surface area contributed by atoms with Crippen molar-refractivity contribution in [1.82, 2.24) is 0 Å². The van der Waals surface area contributed by atoms with E-state index >= 15 is 0 Å². The molecule has 0 spiro atoms. The van der Waals surface area contributed by atoms with E-state index in [4.69, 9.17) is 15.2 Å². The molecule has 0 aromatic heterocycles. The number of nitrogen functional groups attached to an aromatic ring is 1. The first-order valence-electron chi connectivity index (χ1n) is 6.07. The molecule has 2 N–H and O–H groups in total. The van der Waals surface area contributed by atoms with Crippen LogP contribution in [0.25, 0.3) is 0 Å². The van der Waals surface area contributed by atoms with Crippen LogP contribution < -0.4 is 10.5 Å². The van der Waals surface area contributed by atoms with E-state index in [0.717, 1.165) is 10.2 Å². The van der Waals surface area contributed by atoms with E-state index in [1.807, 2.05) is 24.3 Å². The molecule has 0 heterocycles. The van der Waals surface area contributed by atoms with Gasteiger partial charge in [0, 0.05) is 10.2 Å². The molecule has 0 aliphatic heterocycles. The fourth-order valence-corrected chi connectivity index (χ4v) is 1.85. The second-order valence-electron chi connectivity index (χ2n) is 4.03. The van der Waals surface area contributed by atoms with Gasteiger partial charge in [0.2, 0.25) is 0 Å². The number of ether oxygens (including phenoxy) is 2. The predicted molar refractivity (Wildman–Crippen MR) is 80.8 cm³/mol. The summed E-state index contributed by atoms with van der Waals surface area (Å²) in [5, 5.41) is 0. The summed E-state index contributed by atoms with van der Waals surface area (Å²) in [6.45, 7) is 0.462. The molecular formula is C15H14BrNO3. The number of carbonyl (C=O) groups is 1. The van der Waals surface area contributed by atoms with Crippen LogP contribution in [0.2, 0.25) is 0 Å². The molecule has 0 aliphatic rings. The highest BCUT2D eigenvalue weighted by atomic mass is 79.9. The molecule has 104 valence electrons. The van der Waals surface area contributed by atoms with Gasteiger partial charge in [-0.2, -0.15) is 0 Å². The summed E-state index contributed by atoms with van der Waals surface area (Å²) >= 11 is 3.34. The molecule has 2 aromatic carbocycles. The number of anilines is 1. The first kappa shape index (κ1) is 14.4. The highest BCUT2D eigenvalue weighted by molar-refractivity contribution is 9.10. The maximum absolute atomic E-state index is 11.8. The van der Waals surface area contributed by atoms with Crippen molar-refractivity contribution in [3.05, 3.63) is 58.6 Å². The van der Waals surface area contributed by atoms with Gasteiger partial charge >= 0.3 is 5.97 Å². The third-order valence-corrected chi connectivity index (χ3v) is 3.11. The maximum Gasteiger partial charge on any atom is 0.340 e. The number of carbonyl (C=O) groups excluding carboxylic acids is 1. The molecule has 0 fully saturated rings. The Kier molecular flexibility index (Phi) is 5.01. The normalized spacial score (nSPS) is 10.1. The van der Waals surface area contributed by atoms with Crippen LogP contribution in [0.3, 0.4) is 0 Å². The van der Waals surface area contributed by atoms with Crippen LogP contribution in [-0.2, 0) is 4.74 Å². The summed E-state index contributed by atoms with van der Waals surface area (Å²) in [6, 6.07) is 14.2. The average molecular weight is 336 g/mol. The number of nitrogens with two attached hydrogens (primary N) is 1. The Hall–Kier alpha value is -2.01. The van der Waals surface area contributed by atoms with E-state index in [9.17, 15) is 4.79 Å². The van der Waals surface area contributed by atoms with Crippen molar-refractivity contribution >= 4 is 27.6 Å². The Bertz CT molecular complexity index is 584. The Morgan fingerprint density at radius 3 is 2.45 bits per heavy atom. The lowest BCUT2D eigenvalue weighted by atomic mass is 10.2. The number of rotatable bonds is 5. The van der Waals surface area contributed by atoms with E-state index in [-0.39, 0.29) is 6.61 Å². The average Bonchev–Trinajstić information content (AvgIpc) is 2.46. The zero-order valence-electron chi connectivity index (χ0n) is 10.7. The molecule has 0 unspecified atom stereocenters. The second kappa shape index (κ2) is 6.96. The highest BCUT2D eigenvalue weighted by Crippen LogP contribution is 2.16. The molecule has 0 amide bonds. The molecule has 5 heteroatoms. The third-order valence-electron chi connectivity index (χ3n) is 2.58. The van der Waals surface area contributed by atoms with Crippen LogP contribution in [0.15, 0.2) is 53.0 Å². The molecule has 4 nitrogen and oxygen atoms in total. The smallest absolute Gasteiger partial charge is 0.340 e. The topological polar surface area (TPSA) is 61.6 Å².